The van der Waals surface area contributed by atoms with Crippen LogP contribution in [-0.4, -0.2) is 9.78 Å². The second-order valence-corrected chi connectivity index (χ2v) is 5.97. The van der Waals surface area contributed by atoms with Gasteiger partial charge in [0.25, 0.3) is 0 Å². The summed E-state index contributed by atoms with van der Waals surface area (Å²) in [4.78, 5) is 0. The summed E-state index contributed by atoms with van der Waals surface area (Å²) in [5.74, 6) is -0.399. The predicted molar refractivity (Wildman–Crippen MR) is 83.1 cm³/mol. The van der Waals surface area contributed by atoms with Gasteiger partial charge in [0.15, 0.2) is 0 Å². The molecule has 1 aromatic carbocycles. The minimum absolute atomic E-state index is 0.132. The monoisotopic (exact) mass is 307 g/mol. The third-order valence-corrected chi connectivity index (χ3v) is 4.30. The van der Waals surface area contributed by atoms with Crippen molar-refractivity contribution in [3.05, 3.63) is 47.0 Å². The van der Waals surface area contributed by atoms with Crippen LogP contribution in [0.25, 0.3) is 0 Å². The van der Waals surface area contributed by atoms with E-state index < -0.39 is 5.82 Å². The van der Waals surface area contributed by atoms with Crippen LogP contribution < -0.4 is 5.32 Å². The number of benzene rings is 1. The van der Waals surface area contributed by atoms with Crippen LogP contribution in [0.3, 0.4) is 0 Å². The third kappa shape index (κ3) is 3.56. The minimum atomic E-state index is -0.399. The van der Waals surface area contributed by atoms with Crippen LogP contribution in [0.4, 0.5) is 10.1 Å². The molecule has 0 bridgehead atoms. The molecule has 0 saturated heterocycles. The lowest BCUT2D eigenvalue weighted by atomic mass is 9.96. The molecule has 5 heteroatoms. The van der Waals surface area contributed by atoms with Crippen molar-refractivity contribution in [2.24, 2.45) is 0 Å². The minimum Gasteiger partial charge on any atom is -0.379 e. The number of anilines is 1. The molecule has 112 valence electrons. The van der Waals surface area contributed by atoms with E-state index in [1.54, 1.807) is 12.1 Å². The molecule has 1 N–H and O–H groups in total. The maximum absolute atomic E-state index is 13.1. The van der Waals surface area contributed by atoms with Crippen molar-refractivity contribution >= 4 is 17.3 Å². The molecule has 3 rings (SSSR count). The summed E-state index contributed by atoms with van der Waals surface area (Å²) in [7, 11) is 0. The number of aromatic nitrogens is 2. The summed E-state index contributed by atoms with van der Waals surface area (Å²) < 4.78 is 15.2. The van der Waals surface area contributed by atoms with E-state index in [9.17, 15) is 4.39 Å². The Morgan fingerprint density at radius 1 is 1.24 bits per heavy atom. The van der Waals surface area contributed by atoms with E-state index >= 15 is 0 Å². The van der Waals surface area contributed by atoms with Gasteiger partial charge in [-0.2, -0.15) is 5.10 Å². The normalized spacial score (nSPS) is 16.1. The van der Waals surface area contributed by atoms with Gasteiger partial charge in [0, 0.05) is 11.9 Å². The molecule has 0 atom stereocenters. The van der Waals surface area contributed by atoms with E-state index in [1.165, 1.54) is 38.2 Å². The Balaban J connectivity index is 1.60. The molecule has 3 nitrogen and oxygen atoms in total. The molecule has 21 heavy (non-hydrogen) atoms. The van der Waals surface area contributed by atoms with Gasteiger partial charge in [-0.25, -0.2) is 4.39 Å². The van der Waals surface area contributed by atoms with Crippen molar-refractivity contribution in [2.45, 2.75) is 44.7 Å². The number of hydrogen-bond acceptors (Lipinski definition) is 2. The molecule has 1 aromatic heterocycles. The van der Waals surface area contributed by atoms with Gasteiger partial charge in [-0.3, -0.25) is 4.68 Å². The molecule has 0 aliphatic heterocycles. The van der Waals surface area contributed by atoms with Crippen LogP contribution >= 0.6 is 11.6 Å². The summed E-state index contributed by atoms with van der Waals surface area (Å²) in [6.07, 6.45) is 8.45. The SMILES string of the molecule is Fc1ccc(NCc2ccn(C3CCCCC3)n2)cc1Cl. The molecule has 1 fully saturated rings. The summed E-state index contributed by atoms with van der Waals surface area (Å²) >= 11 is 5.77. The van der Waals surface area contributed by atoms with Crippen LogP contribution in [0.2, 0.25) is 5.02 Å². The van der Waals surface area contributed by atoms with Gasteiger partial charge in [-0.1, -0.05) is 30.9 Å². The highest BCUT2D eigenvalue weighted by Gasteiger charge is 2.15. The summed E-state index contributed by atoms with van der Waals surface area (Å²) in [5, 5.41) is 7.99. The second kappa shape index (κ2) is 6.48. The smallest absolute Gasteiger partial charge is 0.141 e. The van der Waals surface area contributed by atoms with Gasteiger partial charge in [0.2, 0.25) is 0 Å². The highest BCUT2D eigenvalue weighted by molar-refractivity contribution is 6.31. The van der Waals surface area contributed by atoms with Crippen molar-refractivity contribution in [1.82, 2.24) is 9.78 Å². The van der Waals surface area contributed by atoms with Gasteiger partial charge in [-0.15, -0.1) is 0 Å². The van der Waals surface area contributed by atoms with E-state index in [0.29, 0.717) is 12.6 Å². The van der Waals surface area contributed by atoms with Gasteiger partial charge in [0.05, 0.1) is 23.3 Å². The zero-order valence-electron chi connectivity index (χ0n) is 11.9. The second-order valence-electron chi connectivity index (χ2n) is 5.56. The Hall–Kier alpha value is -1.55. The average molecular weight is 308 g/mol. The van der Waals surface area contributed by atoms with E-state index in [2.05, 4.69) is 21.3 Å². The lowest BCUT2D eigenvalue weighted by Crippen LogP contribution is -2.13. The van der Waals surface area contributed by atoms with E-state index in [0.717, 1.165) is 11.4 Å². The fraction of sp³-hybridized carbons (Fsp3) is 0.438. The Bertz CT molecular complexity index is 605. The van der Waals surface area contributed by atoms with Crippen LogP contribution in [-0.2, 0) is 6.54 Å². The lowest BCUT2D eigenvalue weighted by Gasteiger charge is -2.21. The molecule has 2 aromatic rings. The molecule has 1 saturated carbocycles. The van der Waals surface area contributed by atoms with Crippen molar-refractivity contribution in [2.75, 3.05) is 5.32 Å². The van der Waals surface area contributed by atoms with Gasteiger partial charge >= 0.3 is 0 Å². The molecular formula is C16H19ClFN3. The van der Waals surface area contributed by atoms with Gasteiger partial charge in [-0.05, 0) is 37.1 Å². The van der Waals surface area contributed by atoms with Crippen molar-refractivity contribution < 1.29 is 4.39 Å². The Kier molecular flexibility index (Phi) is 4.44. The summed E-state index contributed by atoms with van der Waals surface area (Å²) in [6.45, 7) is 0.613. The molecule has 1 aliphatic rings. The lowest BCUT2D eigenvalue weighted by molar-refractivity contribution is 0.328. The maximum atomic E-state index is 13.1. The van der Waals surface area contributed by atoms with Gasteiger partial charge < -0.3 is 5.32 Å². The molecule has 0 unspecified atom stereocenters. The number of nitrogens with zero attached hydrogens (tertiary/aromatic N) is 2. The summed E-state index contributed by atoms with van der Waals surface area (Å²) in [5.41, 5.74) is 1.79. The van der Waals surface area contributed by atoms with Crippen LogP contribution in [0.5, 0.6) is 0 Å². The highest BCUT2D eigenvalue weighted by atomic mass is 35.5. The number of halogens is 2. The maximum Gasteiger partial charge on any atom is 0.141 e. The first-order valence-electron chi connectivity index (χ1n) is 7.45. The first kappa shape index (κ1) is 14.4. The predicted octanol–water partition coefficient (Wildman–Crippen LogP) is 4.79. The zero-order chi connectivity index (χ0) is 14.7. The first-order valence-corrected chi connectivity index (χ1v) is 7.83. The zero-order valence-corrected chi connectivity index (χ0v) is 12.6. The topological polar surface area (TPSA) is 29.9 Å². The largest absolute Gasteiger partial charge is 0.379 e. The molecule has 1 heterocycles. The molecule has 0 spiro atoms. The quantitative estimate of drug-likeness (QED) is 0.880. The molecular weight excluding hydrogens is 289 g/mol. The number of nitrogens with one attached hydrogen (secondary N) is 1. The fourth-order valence-electron chi connectivity index (χ4n) is 2.82. The van der Waals surface area contributed by atoms with Crippen molar-refractivity contribution in [3.8, 4) is 0 Å². The summed E-state index contributed by atoms with van der Waals surface area (Å²) in [6, 6.07) is 7.22. The average Bonchev–Trinajstić information content (AvgIpc) is 2.98. The van der Waals surface area contributed by atoms with Crippen molar-refractivity contribution in [1.29, 1.82) is 0 Å². The first-order chi connectivity index (χ1) is 10.2. The fourth-order valence-corrected chi connectivity index (χ4v) is 3.00. The van der Waals surface area contributed by atoms with Crippen LogP contribution in [0.15, 0.2) is 30.5 Å². The number of rotatable bonds is 4. The highest BCUT2D eigenvalue weighted by Crippen LogP contribution is 2.27. The molecule has 0 amide bonds. The van der Waals surface area contributed by atoms with Crippen LogP contribution in [0.1, 0.15) is 43.8 Å². The molecule has 0 radical (unpaired) electrons. The van der Waals surface area contributed by atoms with Crippen LogP contribution in [0, 0.1) is 5.82 Å². The Labute approximate surface area is 129 Å². The van der Waals surface area contributed by atoms with E-state index in [4.69, 9.17) is 11.6 Å². The van der Waals surface area contributed by atoms with E-state index in [-0.39, 0.29) is 5.02 Å². The van der Waals surface area contributed by atoms with Gasteiger partial charge in [0.1, 0.15) is 5.82 Å². The Morgan fingerprint density at radius 3 is 2.81 bits per heavy atom. The third-order valence-electron chi connectivity index (χ3n) is 4.01. The number of hydrogen-bond donors (Lipinski definition) is 1. The standard InChI is InChI=1S/C16H19ClFN3/c17-15-10-12(6-7-16(15)18)19-11-13-8-9-21(20-13)14-4-2-1-3-5-14/h6-10,14,19H,1-5,11H2. The molecule has 1 aliphatic carbocycles. The Morgan fingerprint density at radius 2 is 2.05 bits per heavy atom. The van der Waals surface area contributed by atoms with E-state index in [1.807, 2.05) is 6.07 Å². The van der Waals surface area contributed by atoms with Crippen molar-refractivity contribution in [3.63, 3.8) is 0 Å².